The summed E-state index contributed by atoms with van der Waals surface area (Å²) in [6.07, 6.45) is 21.3. The maximum Gasteiger partial charge on any atom is 0.311 e. The molecule has 258 valence electrons. The second-order valence-corrected chi connectivity index (χ2v) is 13.3. The van der Waals surface area contributed by atoms with Crippen molar-refractivity contribution in [2.75, 3.05) is 37.6 Å². The number of halogens is 1. The fraction of sp³-hybridized carbons (Fsp3) is 0.615. The van der Waals surface area contributed by atoms with Crippen molar-refractivity contribution in [2.45, 2.75) is 122 Å². The number of ether oxygens (including phenoxy) is 1. The number of fused-ring (bicyclic) bond motifs is 1. The van der Waals surface area contributed by atoms with Gasteiger partial charge in [0, 0.05) is 56.0 Å². The largest absolute Gasteiger partial charge is 0.426 e. The number of rotatable bonds is 23. The average Bonchev–Trinajstić information content (AvgIpc) is 3.50. The van der Waals surface area contributed by atoms with Crippen molar-refractivity contribution in [3.8, 4) is 5.75 Å². The van der Waals surface area contributed by atoms with Crippen LogP contribution in [0.3, 0.4) is 0 Å². The Labute approximate surface area is 281 Å². The molecule has 0 radical (unpaired) electrons. The Morgan fingerprint density at radius 3 is 1.96 bits per heavy atom. The van der Waals surface area contributed by atoms with E-state index in [1.165, 1.54) is 95.6 Å². The van der Waals surface area contributed by atoms with E-state index in [4.69, 9.17) is 4.74 Å². The topological polar surface area (TPSA) is 78.5 Å². The van der Waals surface area contributed by atoms with E-state index in [-0.39, 0.29) is 17.6 Å². The van der Waals surface area contributed by atoms with Gasteiger partial charge < -0.3 is 9.64 Å². The standard InChI is InChI=1S/C39H57FN4O3/c1-2-3-4-5-6-7-8-9-10-11-12-13-14-15-16-19-38(46)47-34-24-25-35-36(31-34)41-42-39(35)44-29-27-43(28-30-44)26-17-18-37(45)32-20-22-33(40)23-21-32/h20-25,31H,2-19,26-30H2,1H3,(H,41,42). The minimum absolute atomic E-state index is 0.0571. The van der Waals surface area contributed by atoms with Gasteiger partial charge in [-0.15, -0.1) is 0 Å². The predicted octanol–water partition coefficient (Wildman–Crippen LogP) is 9.65. The normalized spacial score (nSPS) is 13.8. The smallest absolute Gasteiger partial charge is 0.311 e. The fourth-order valence-electron chi connectivity index (χ4n) is 6.54. The molecule has 1 fully saturated rings. The number of ketones is 1. The molecule has 8 heteroatoms. The lowest BCUT2D eigenvalue weighted by Crippen LogP contribution is -2.46. The van der Waals surface area contributed by atoms with E-state index in [0.717, 1.165) is 68.7 Å². The van der Waals surface area contributed by atoms with E-state index in [1.54, 1.807) is 12.1 Å². The zero-order valence-corrected chi connectivity index (χ0v) is 28.7. The average molecular weight is 649 g/mol. The Hall–Kier alpha value is -3.26. The molecule has 3 aromatic rings. The summed E-state index contributed by atoms with van der Waals surface area (Å²) in [6.45, 7) is 6.62. The number of carbonyl (C=O) groups excluding carboxylic acids is 2. The number of hydrogen-bond donors (Lipinski definition) is 1. The second kappa shape index (κ2) is 20.9. The van der Waals surface area contributed by atoms with Crippen LogP contribution >= 0.6 is 0 Å². The molecule has 1 saturated heterocycles. The Kier molecular flexibility index (Phi) is 16.2. The summed E-state index contributed by atoms with van der Waals surface area (Å²) >= 11 is 0. The summed E-state index contributed by atoms with van der Waals surface area (Å²) in [4.78, 5) is 29.5. The number of unbranched alkanes of at least 4 members (excludes halogenated alkanes) is 14. The minimum Gasteiger partial charge on any atom is -0.426 e. The van der Waals surface area contributed by atoms with Crippen LogP contribution in [0.15, 0.2) is 42.5 Å². The van der Waals surface area contributed by atoms with Crippen molar-refractivity contribution >= 4 is 28.5 Å². The zero-order chi connectivity index (χ0) is 33.1. The summed E-state index contributed by atoms with van der Waals surface area (Å²) < 4.78 is 18.8. The van der Waals surface area contributed by atoms with Gasteiger partial charge in [0.2, 0.25) is 0 Å². The molecule has 1 N–H and O–H groups in total. The quantitative estimate of drug-likeness (QED) is 0.0477. The third-order valence-corrected chi connectivity index (χ3v) is 9.45. The van der Waals surface area contributed by atoms with Crippen LogP contribution in [0.25, 0.3) is 10.9 Å². The molecule has 1 aliphatic heterocycles. The lowest BCUT2D eigenvalue weighted by atomic mass is 10.0. The van der Waals surface area contributed by atoms with Crippen molar-refractivity contribution in [3.05, 3.63) is 53.8 Å². The number of carbonyl (C=O) groups is 2. The highest BCUT2D eigenvalue weighted by atomic mass is 19.1. The molecule has 47 heavy (non-hydrogen) atoms. The SMILES string of the molecule is CCCCCCCCCCCCCCCCCC(=O)Oc1ccc2c(N3CCN(CCCC(=O)c4ccc(F)cc4)CC3)n[nH]c2c1. The molecule has 2 heterocycles. The van der Waals surface area contributed by atoms with Crippen LogP contribution in [0.4, 0.5) is 10.2 Å². The molecule has 0 spiro atoms. The molecule has 0 aliphatic carbocycles. The van der Waals surface area contributed by atoms with E-state index in [2.05, 4.69) is 26.9 Å². The van der Waals surface area contributed by atoms with Gasteiger partial charge in [-0.25, -0.2) is 4.39 Å². The van der Waals surface area contributed by atoms with Gasteiger partial charge in [-0.2, -0.15) is 5.10 Å². The van der Waals surface area contributed by atoms with Gasteiger partial charge in [-0.3, -0.25) is 19.6 Å². The van der Waals surface area contributed by atoms with Crippen molar-refractivity contribution < 1.29 is 18.7 Å². The molecular formula is C39H57FN4O3. The number of aromatic nitrogens is 2. The lowest BCUT2D eigenvalue weighted by Gasteiger charge is -2.35. The zero-order valence-electron chi connectivity index (χ0n) is 28.7. The van der Waals surface area contributed by atoms with E-state index < -0.39 is 0 Å². The number of anilines is 1. The number of aromatic amines is 1. The summed E-state index contributed by atoms with van der Waals surface area (Å²) in [7, 11) is 0. The molecule has 0 saturated carbocycles. The van der Waals surface area contributed by atoms with Crippen LogP contribution in [-0.2, 0) is 4.79 Å². The molecule has 1 aromatic heterocycles. The molecule has 2 aromatic carbocycles. The highest BCUT2D eigenvalue weighted by Crippen LogP contribution is 2.28. The fourth-order valence-corrected chi connectivity index (χ4v) is 6.54. The van der Waals surface area contributed by atoms with Crippen molar-refractivity contribution in [1.82, 2.24) is 15.1 Å². The van der Waals surface area contributed by atoms with Gasteiger partial charge in [0.15, 0.2) is 11.6 Å². The molecule has 0 amide bonds. The molecule has 1 aliphatic rings. The van der Waals surface area contributed by atoms with Gasteiger partial charge >= 0.3 is 5.97 Å². The van der Waals surface area contributed by atoms with Crippen LogP contribution in [0.2, 0.25) is 0 Å². The third kappa shape index (κ3) is 13.0. The number of Topliss-reactive ketones (excluding diaryl/α,β-unsaturated/α-hetero) is 1. The Morgan fingerprint density at radius 1 is 0.745 bits per heavy atom. The highest BCUT2D eigenvalue weighted by Gasteiger charge is 2.21. The van der Waals surface area contributed by atoms with E-state index >= 15 is 0 Å². The van der Waals surface area contributed by atoms with Crippen molar-refractivity contribution in [1.29, 1.82) is 0 Å². The predicted molar refractivity (Wildman–Crippen MR) is 190 cm³/mol. The second-order valence-electron chi connectivity index (χ2n) is 13.3. The monoisotopic (exact) mass is 648 g/mol. The van der Waals surface area contributed by atoms with Gasteiger partial charge in [-0.1, -0.05) is 96.8 Å². The molecule has 7 nitrogen and oxygen atoms in total. The maximum absolute atomic E-state index is 13.1. The first kappa shape index (κ1) is 36.6. The Morgan fingerprint density at radius 2 is 1.34 bits per heavy atom. The van der Waals surface area contributed by atoms with Crippen LogP contribution < -0.4 is 9.64 Å². The summed E-state index contributed by atoms with van der Waals surface area (Å²) in [5.74, 6) is 1.03. The number of benzene rings is 2. The summed E-state index contributed by atoms with van der Waals surface area (Å²) in [5.41, 5.74) is 1.43. The molecular weight excluding hydrogens is 591 g/mol. The van der Waals surface area contributed by atoms with Gasteiger partial charge in [-0.05, 0) is 55.8 Å². The molecule has 0 bridgehead atoms. The first-order valence-electron chi connectivity index (χ1n) is 18.5. The van der Waals surface area contributed by atoms with Gasteiger partial charge in [0.1, 0.15) is 11.6 Å². The van der Waals surface area contributed by atoms with Gasteiger partial charge in [0.05, 0.1) is 5.52 Å². The van der Waals surface area contributed by atoms with Crippen LogP contribution in [0, 0.1) is 5.82 Å². The highest BCUT2D eigenvalue weighted by molar-refractivity contribution is 5.96. The molecule has 0 unspecified atom stereocenters. The molecule has 4 rings (SSSR count). The van der Waals surface area contributed by atoms with Crippen LogP contribution in [-0.4, -0.2) is 59.6 Å². The van der Waals surface area contributed by atoms with E-state index in [0.29, 0.717) is 24.2 Å². The summed E-state index contributed by atoms with van der Waals surface area (Å²) in [5, 5.41) is 8.72. The van der Waals surface area contributed by atoms with Crippen LogP contribution in [0.5, 0.6) is 5.75 Å². The first-order valence-corrected chi connectivity index (χ1v) is 18.5. The number of nitrogens with zero attached hydrogens (tertiary/aromatic N) is 3. The Bertz CT molecular complexity index is 1330. The lowest BCUT2D eigenvalue weighted by molar-refractivity contribution is -0.134. The van der Waals surface area contributed by atoms with E-state index in [9.17, 15) is 14.0 Å². The maximum atomic E-state index is 13.1. The van der Waals surface area contributed by atoms with Gasteiger partial charge in [0.25, 0.3) is 0 Å². The number of hydrogen-bond acceptors (Lipinski definition) is 6. The number of piperazine rings is 1. The van der Waals surface area contributed by atoms with Crippen molar-refractivity contribution in [2.24, 2.45) is 0 Å². The molecule has 0 atom stereocenters. The number of nitrogens with one attached hydrogen (secondary N) is 1. The summed E-state index contributed by atoms with van der Waals surface area (Å²) in [6, 6.07) is 11.5. The first-order chi connectivity index (χ1) is 23.0. The van der Waals surface area contributed by atoms with Crippen LogP contribution in [0.1, 0.15) is 133 Å². The minimum atomic E-state index is -0.325. The number of H-pyrrole nitrogens is 1. The Balaban J connectivity index is 1.05. The van der Waals surface area contributed by atoms with Crippen molar-refractivity contribution in [3.63, 3.8) is 0 Å². The van der Waals surface area contributed by atoms with E-state index in [1.807, 2.05) is 18.2 Å². The third-order valence-electron chi connectivity index (χ3n) is 9.45. The number of esters is 1.